The molecular formula is C19H18ClN5O2S. The van der Waals surface area contributed by atoms with E-state index in [1.165, 1.54) is 11.8 Å². The van der Waals surface area contributed by atoms with Crippen LogP contribution in [0.2, 0.25) is 5.02 Å². The maximum Gasteiger partial charge on any atom is 0.316 e. The number of esters is 1. The zero-order valence-electron chi connectivity index (χ0n) is 15.1. The molecule has 0 radical (unpaired) electrons. The van der Waals surface area contributed by atoms with Crippen LogP contribution in [0.3, 0.4) is 0 Å². The number of halogens is 1. The largest absolute Gasteiger partial charge is 0.457 e. The Morgan fingerprint density at radius 2 is 1.89 bits per heavy atom. The summed E-state index contributed by atoms with van der Waals surface area (Å²) in [6.07, 6.45) is 0. The van der Waals surface area contributed by atoms with Crippen LogP contribution in [0.5, 0.6) is 0 Å². The maximum atomic E-state index is 12.0. The molecule has 0 amide bonds. The predicted molar refractivity (Wildman–Crippen MR) is 111 cm³/mol. The number of nitrogen functional groups attached to an aromatic ring is 1. The molecule has 0 fully saturated rings. The number of rotatable bonds is 7. The normalized spacial score (nSPS) is 10.5. The van der Waals surface area contributed by atoms with Gasteiger partial charge in [-0.1, -0.05) is 41.4 Å². The van der Waals surface area contributed by atoms with Crippen LogP contribution in [0.15, 0.2) is 53.4 Å². The van der Waals surface area contributed by atoms with Gasteiger partial charge in [0.1, 0.15) is 0 Å². The Hall–Kier alpha value is -2.84. The first-order valence-electron chi connectivity index (χ1n) is 8.36. The minimum absolute atomic E-state index is 0.0427. The van der Waals surface area contributed by atoms with E-state index < -0.39 is 5.97 Å². The van der Waals surface area contributed by atoms with Gasteiger partial charge in [0, 0.05) is 10.6 Å². The molecule has 7 nitrogen and oxygen atoms in total. The molecule has 144 valence electrons. The van der Waals surface area contributed by atoms with Crippen molar-refractivity contribution in [2.24, 2.45) is 0 Å². The third-order valence-corrected chi connectivity index (χ3v) is 5.04. The number of nitrogens with one attached hydrogen (secondary N) is 1. The van der Waals surface area contributed by atoms with Crippen LogP contribution >= 0.6 is 23.4 Å². The van der Waals surface area contributed by atoms with E-state index in [-0.39, 0.29) is 30.1 Å². The molecule has 3 aromatic rings. The van der Waals surface area contributed by atoms with Crippen molar-refractivity contribution in [3.63, 3.8) is 0 Å². The van der Waals surface area contributed by atoms with Gasteiger partial charge in [-0.05, 0) is 31.2 Å². The van der Waals surface area contributed by atoms with E-state index >= 15 is 0 Å². The van der Waals surface area contributed by atoms with Gasteiger partial charge in [-0.25, -0.2) is 0 Å². The molecule has 0 spiro atoms. The smallest absolute Gasteiger partial charge is 0.316 e. The third-order valence-electron chi connectivity index (χ3n) is 3.55. The Bertz CT molecular complexity index is 969. The van der Waals surface area contributed by atoms with Gasteiger partial charge in [-0.3, -0.25) is 4.79 Å². The maximum absolute atomic E-state index is 12.0. The Labute approximate surface area is 171 Å². The van der Waals surface area contributed by atoms with Gasteiger partial charge in [0.05, 0.1) is 10.8 Å². The molecule has 0 atom stereocenters. The Morgan fingerprint density at radius 3 is 2.64 bits per heavy atom. The summed E-state index contributed by atoms with van der Waals surface area (Å²) < 4.78 is 5.23. The number of benzene rings is 2. The molecule has 2 aromatic carbocycles. The van der Waals surface area contributed by atoms with Gasteiger partial charge in [0.15, 0.2) is 12.4 Å². The molecule has 28 heavy (non-hydrogen) atoms. The summed E-state index contributed by atoms with van der Waals surface area (Å²) in [6.45, 7) is 1.90. The minimum Gasteiger partial charge on any atom is -0.457 e. The van der Waals surface area contributed by atoms with E-state index in [1.807, 2.05) is 49.4 Å². The van der Waals surface area contributed by atoms with Crippen LogP contribution < -0.4 is 11.1 Å². The second kappa shape index (κ2) is 9.38. The summed E-state index contributed by atoms with van der Waals surface area (Å²) in [5.41, 5.74) is 7.69. The van der Waals surface area contributed by atoms with Crippen LogP contribution in [-0.4, -0.2) is 26.7 Å². The summed E-state index contributed by atoms with van der Waals surface area (Å²) in [4.78, 5) is 25.1. The van der Waals surface area contributed by atoms with Crippen LogP contribution in [0.25, 0.3) is 0 Å². The number of hydrogen-bond donors (Lipinski definition) is 2. The molecule has 0 saturated carbocycles. The minimum atomic E-state index is -0.406. The number of ether oxygens (including phenoxy) is 1. The average molecular weight is 416 g/mol. The molecule has 0 aliphatic heterocycles. The van der Waals surface area contributed by atoms with E-state index in [0.717, 1.165) is 16.1 Å². The first-order valence-corrected chi connectivity index (χ1v) is 9.73. The highest BCUT2D eigenvalue weighted by molar-refractivity contribution is 8.00. The van der Waals surface area contributed by atoms with Crippen molar-refractivity contribution in [2.45, 2.75) is 18.4 Å². The summed E-state index contributed by atoms with van der Waals surface area (Å²) in [7, 11) is 0. The molecule has 0 unspecified atom stereocenters. The molecule has 3 N–H and O–H groups in total. The van der Waals surface area contributed by atoms with Crippen molar-refractivity contribution in [3.05, 3.63) is 64.9 Å². The number of aromatic nitrogens is 3. The van der Waals surface area contributed by atoms with Crippen LogP contribution in [0.4, 0.5) is 17.6 Å². The van der Waals surface area contributed by atoms with Crippen LogP contribution in [0, 0.1) is 6.92 Å². The number of carbonyl (C=O) groups excluding carboxylic acids is 1. The quantitative estimate of drug-likeness (QED) is 0.441. The highest BCUT2D eigenvalue weighted by atomic mass is 35.5. The lowest BCUT2D eigenvalue weighted by atomic mass is 10.2. The number of carbonyl (C=O) groups is 1. The first-order chi connectivity index (χ1) is 13.5. The van der Waals surface area contributed by atoms with Crippen molar-refractivity contribution in [1.82, 2.24) is 15.0 Å². The van der Waals surface area contributed by atoms with E-state index in [4.69, 9.17) is 22.1 Å². The summed E-state index contributed by atoms with van der Waals surface area (Å²) in [6, 6.07) is 15.0. The molecule has 0 aliphatic carbocycles. The van der Waals surface area contributed by atoms with Crippen molar-refractivity contribution in [2.75, 3.05) is 16.8 Å². The van der Waals surface area contributed by atoms with Crippen molar-refractivity contribution in [3.8, 4) is 0 Å². The Morgan fingerprint density at radius 1 is 1.14 bits per heavy atom. The molecule has 1 aromatic heterocycles. The summed E-state index contributed by atoms with van der Waals surface area (Å²) >= 11 is 7.37. The zero-order chi connectivity index (χ0) is 19.9. The number of hydrogen-bond acceptors (Lipinski definition) is 8. The lowest BCUT2D eigenvalue weighted by Gasteiger charge is -2.08. The SMILES string of the molecule is Cc1ccc(Nc2nc(N)nc(COC(=O)CSc3ccccc3Cl)n2)cc1. The van der Waals surface area contributed by atoms with E-state index in [9.17, 15) is 4.79 Å². The van der Waals surface area contributed by atoms with E-state index in [0.29, 0.717) is 5.02 Å². The number of anilines is 3. The fourth-order valence-electron chi connectivity index (χ4n) is 2.21. The number of nitrogens with zero attached hydrogens (tertiary/aromatic N) is 3. The molecule has 0 aliphatic rings. The molecule has 0 saturated heterocycles. The first kappa shape index (κ1) is 19.9. The van der Waals surface area contributed by atoms with Crippen molar-refractivity contribution >= 4 is 46.9 Å². The second-order valence-corrected chi connectivity index (χ2v) is 7.23. The topological polar surface area (TPSA) is 103 Å². The van der Waals surface area contributed by atoms with Crippen LogP contribution in [0.1, 0.15) is 11.4 Å². The van der Waals surface area contributed by atoms with E-state index in [2.05, 4.69) is 20.3 Å². The molecular weight excluding hydrogens is 398 g/mol. The summed E-state index contributed by atoms with van der Waals surface area (Å²) in [5.74, 6) is 0.308. The van der Waals surface area contributed by atoms with Gasteiger partial charge in [-0.2, -0.15) is 15.0 Å². The zero-order valence-corrected chi connectivity index (χ0v) is 16.6. The average Bonchev–Trinajstić information content (AvgIpc) is 2.67. The van der Waals surface area contributed by atoms with Gasteiger partial charge < -0.3 is 15.8 Å². The Balaban J connectivity index is 1.56. The lowest BCUT2D eigenvalue weighted by Crippen LogP contribution is -2.12. The van der Waals surface area contributed by atoms with Gasteiger partial charge >= 0.3 is 5.97 Å². The molecule has 0 bridgehead atoms. The number of nitrogens with two attached hydrogens (primary N) is 1. The highest BCUT2D eigenvalue weighted by Crippen LogP contribution is 2.26. The lowest BCUT2D eigenvalue weighted by molar-refractivity contribution is -0.141. The van der Waals surface area contributed by atoms with Crippen molar-refractivity contribution in [1.29, 1.82) is 0 Å². The van der Waals surface area contributed by atoms with E-state index in [1.54, 1.807) is 6.07 Å². The van der Waals surface area contributed by atoms with Gasteiger partial charge in [0.25, 0.3) is 0 Å². The molecule has 3 rings (SSSR count). The monoisotopic (exact) mass is 415 g/mol. The predicted octanol–water partition coefficient (Wildman–Crippen LogP) is 3.99. The standard InChI is InChI=1S/C19H18ClN5O2S/c1-12-6-8-13(9-7-12)22-19-24-16(23-18(21)25-19)10-27-17(26)11-28-15-5-3-2-4-14(15)20/h2-9H,10-11H2,1H3,(H3,21,22,23,24,25). The Kier molecular flexibility index (Phi) is 6.67. The van der Waals surface area contributed by atoms with Crippen molar-refractivity contribution < 1.29 is 9.53 Å². The van der Waals surface area contributed by atoms with Gasteiger partial charge in [0.2, 0.25) is 11.9 Å². The third kappa shape index (κ3) is 5.83. The van der Waals surface area contributed by atoms with Gasteiger partial charge in [-0.15, -0.1) is 11.8 Å². The molecule has 1 heterocycles. The van der Waals surface area contributed by atoms with Crippen LogP contribution in [-0.2, 0) is 16.1 Å². The number of thioether (sulfide) groups is 1. The fourth-order valence-corrected chi connectivity index (χ4v) is 3.25. The highest BCUT2D eigenvalue weighted by Gasteiger charge is 2.10. The summed E-state index contributed by atoms with van der Waals surface area (Å²) in [5, 5.41) is 3.65. The number of aryl methyl sites for hydroxylation is 1. The fraction of sp³-hybridized carbons (Fsp3) is 0.158. The molecule has 9 heteroatoms. The second-order valence-electron chi connectivity index (χ2n) is 5.80.